The summed E-state index contributed by atoms with van der Waals surface area (Å²) in [6, 6.07) is -0.660. The fraction of sp³-hybridized carbons (Fsp3) is 0.625. The maximum atomic E-state index is 11.4. The Labute approximate surface area is 80.8 Å². The van der Waals surface area contributed by atoms with Gasteiger partial charge >= 0.3 is 0 Å². The average molecular weight is 197 g/mol. The summed E-state index contributed by atoms with van der Waals surface area (Å²) in [4.78, 5) is 35.9. The molecule has 2 unspecified atom stereocenters. The second-order valence-electron chi connectivity index (χ2n) is 3.48. The molecule has 0 radical (unpaired) electrons. The molecule has 0 saturated carbocycles. The highest BCUT2D eigenvalue weighted by Gasteiger charge is 2.77. The predicted octanol–water partition coefficient (Wildman–Crippen LogP) is -1.87. The zero-order valence-corrected chi connectivity index (χ0v) is 7.98. The molecule has 2 aliphatic rings. The van der Waals surface area contributed by atoms with E-state index in [2.05, 4.69) is 5.32 Å². The Bertz CT molecular complexity index is 330. The van der Waals surface area contributed by atoms with Crippen LogP contribution in [0.3, 0.4) is 0 Å². The van der Waals surface area contributed by atoms with E-state index in [0.29, 0.717) is 13.0 Å². The zero-order chi connectivity index (χ0) is 10.5. The van der Waals surface area contributed by atoms with Crippen LogP contribution in [0.5, 0.6) is 0 Å². The van der Waals surface area contributed by atoms with E-state index in [0.717, 1.165) is 0 Å². The molecule has 76 valence electrons. The average Bonchev–Trinajstić information content (AvgIpc) is 2.72. The molecule has 2 aliphatic heterocycles. The number of likely N-dealkylation sites (N-methyl/N-ethyl adjacent to an activating group) is 2. The number of nitrogens with zero attached hydrogens (tertiary/aromatic N) is 2. The van der Waals surface area contributed by atoms with Crippen LogP contribution in [0, 0.1) is 0 Å². The molecule has 2 rings (SSSR count). The van der Waals surface area contributed by atoms with E-state index >= 15 is 0 Å². The first kappa shape index (κ1) is 8.98. The second kappa shape index (κ2) is 2.46. The molecule has 0 aromatic rings. The van der Waals surface area contributed by atoms with Crippen LogP contribution >= 0.6 is 0 Å². The van der Waals surface area contributed by atoms with Crippen molar-refractivity contribution >= 4 is 18.2 Å². The minimum absolute atomic E-state index is 0.113. The van der Waals surface area contributed by atoms with Gasteiger partial charge in [-0.3, -0.25) is 14.4 Å². The summed E-state index contributed by atoms with van der Waals surface area (Å²) in [6.45, 7) is 2.37. The van der Waals surface area contributed by atoms with E-state index in [9.17, 15) is 14.4 Å². The summed E-state index contributed by atoms with van der Waals surface area (Å²) in [5.41, 5.74) is -0.901. The van der Waals surface area contributed by atoms with Gasteiger partial charge in [-0.25, -0.2) is 0 Å². The van der Waals surface area contributed by atoms with Crippen molar-refractivity contribution in [1.29, 1.82) is 0 Å². The maximum absolute atomic E-state index is 11.4. The topological polar surface area (TPSA) is 69.5 Å². The molecule has 1 N–H and O–H groups in total. The molecular formula is C8H11N3O3. The SMILES string of the molecule is CCN1C(=O)C12NC(=O)C2N(C)C=O. The van der Waals surface area contributed by atoms with Crippen molar-refractivity contribution in [3.63, 3.8) is 0 Å². The first-order chi connectivity index (χ1) is 6.59. The largest absolute Gasteiger partial charge is 0.332 e. The van der Waals surface area contributed by atoms with Crippen LogP contribution in [0.2, 0.25) is 0 Å². The van der Waals surface area contributed by atoms with Crippen molar-refractivity contribution < 1.29 is 14.4 Å². The summed E-state index contributed by atoms with van der Waals surface area (Å²) in [6.07, 6.45) is 0.560. The summed E-state index contributed by atoms with van der Waals surface area (Å²) in [5, 5.41) is 2.55. The molecule has 2 atom stereocenters. The third kappa shape index (κ3) is 0.735. The Morgan fingerprint density at radius 1 is 1.64 bits per heavy atom. The minimum atomic E-state index is -0.901. The van der Waals surface area contributed by atoms with Gasteiger partial charge in [0.15, 0.2) is 6.04 Å². The lowest BCUT2D eigenvalue weighted by Crippen LogP contribution is -2.73. The first-order valence-corrected chi connectivity index (χ1v) is 4.41. The lowest BCUT2D eigenvalue weighted by Gasteiger charge is -2.39. The lowest BCUT2D eigenvalue weighted by atomic mass is 9.97. The van der Waals surface area contributed by atoms with Crippen molar-refractivity contribution in [2.75, 3.05) is 13.6 Å². The third-order valence-corrected chi connectivity index (χ3v) is 2.79. The van der Waals surface area contributed by atoms with Crippen LogP contribution in [0.4, 0.5) is 0 Å². The van der Waals surface area contributed by atoms with Gasteiger partial charge in [-0.2, -0.15) is 0 Å². The normalized spacial score (nSPS) is 33.9. The standard InChI is InChI=1S/C8H11N3O3/c1-3-11-7(14)8(11)5(6(13)9-8)10(2)4-12/h4-5H,3H2,1-2H3,(H,9,13). The van der Waals surface area contributed by atoms with Crippen LogP contribution in [0.1, 0.15) is 6.92 Å². The summed E-state index contributed by atoms with van der Waals surface area (Å²) >= 11 is 0. The molecule has 2 fully saturated rings. The number of nitrogens with one attached hydrogen (secondary N) is 1. The van der Waals surface area contributed by atoms with E-state index in [4.69, 9.17) is 0 Å². The number of hydrogen-bond donors (Lipinski definition) is 1. The van der Waals surface area contributed by atoms with Crippen molar-refractivity contribution in [3.05, 3.63) is 0 Å². The molecule has 0 aliphatic carbocycles. The molecule has 0 aromatic carbocycles. The summed E-state index contributed by atoms with van der Waals surface area (Å²) in [7, 11) is 1.50. The van der Waals surface area contributed by atoms with E-state index in [-0.39, 0.29) is 11.8 Å². The Hall–Kier alpha value is -1.59. The number of hydrogen-bond acceptors (Lipinski definition) is 3. The number of carbonyl (C=O) groups excluding carboxylic acids is 3. The molecule has 14 heavy (non-hydrogen) atoms. The molecule has 2 saturated heterocycles. The molecule has 6 nitrogen and oxygen atoms in total. The number of β-lactam (4-membered cyclic amide) rings is 1. The molecule has 1 spiro atoms. The fourth-order valence-electron chi connectivity index (χ4n) is 2.04. The van der Waals surface area contributed by atoms with Crippen LogP contribution < -0.4 is 5.32 Å². The fourth-order valence-corrected chi connectivity index (χ4v) is 2.04. The van der Waals surface area contributed by atoms with E-state index in [1.54, 1.807) is 4.90 Å². The highest BCUT2D eigenvalue weighted by Crippen LogP contribution is 2.42. The third-order valence-electron chi connectivity index (χ3n) is 2.79. The van der Waals surface area contributed by atoms with Gasteiger partial charge < -0.3 is 15.1 Å². The van der Waals surface area contributed by atoms with Gasteiger partial charge in [0.25, 0.3) is 5.91 Å². The van der Waals surface area contributed by atoms with E-state index in [1.807, 2.05) is 6.92 Å². The highest BCUT2D eigenvalue weighted by atomic mass is 16.2. The van der Waals surface area contributed by atoms with Crippen molar-refractivity contribution in [2.24, 2.45) is 0 Å². The van der Waals surface area contributed by atoms with Crippen LogP contribution in [0.15, 0.2) is 0 Å². The Morgan fingerprint density at radius 3 is 2.64 bits per heavy atom. The van der Waals surface area contributed by atoms with Gasteiger partial charge in [0, 0.05) is 13.6 Å². The summed E-state index contributed by atoms with van der Waals surface area (Å²) < 4.78 is 0. The first-order valence-electron chi connectivity index (χ1n) is 4.41. The van der Waals surface area contributed by atoms with E-state index < -0.39 is 11.7 Å². The molecule has 3 amide bonds. The highest BCUT2D eigenvalue weighted by molar-refractivity contribution is 6.16. The smallest absolute Gasteiger partial charge is 0.274 e. The van der Waals surface area contributed by atoms with Gasteiger partial charge in [0.05, 0.1) is 0 Å². The van der Waals surface area contributed by atoms with Gasteiger partial charge in [0.2, 0.25) is 18.0 Å². The quantitative estimate of drug-likeness (QED) is 0.327. The van der Waals surface area contributed by atoms with Gasteiger partial charge in [-0.15, -0.1) is 0 Å². The van der Waals surface area contributed by atoms with Crippen molar-refractivity contribution in [1.82, 2.24) is 15.1 Å². The van der Waals surface area contributed by atoms with Crippen LogP contribution in [-0.4, -0.2) is 53.3 Å². The number of amides is 3. The van der Waals surface area contributed by atoms with Crippen LogP contribution in [-0.2, 0) is 14.4 Å². The molecular weight excluding hydrogens is 186 g/mol. The van der Waals surface area contributed by atoms with Gasteiger partial charge in [-0.1, -0.05) is 0 Å². The second-order valence-corrected chi connectivity index (χ2v) is 3.48. The van der Waals surface area contributed by atoms with E-state index in [1.165, 1.54) is 11.9 Å². The number of carbonyl (C=O) groups is 3. The van der Waals surface area contributed by atoms with Crippen LogP contribution in [0.25, 0.3) is 0 Å². The van der Waals surface area contributed by atoms with Gasteiger partial charge in [-0.05, 0) is 6.92 Å². The van der Waals surface area contributed by atoms with Crippen molar-refractivity contribution in [2.45, 2.75) is 18.6 Å². The molecule has 0 bridgehead atoms. The Balaban J connectivity index is 2.21. The molecule has 6 heteroatoms. The summed E-state index contributed by atoms with van der Waals surface area (Å²) in [5.74, 6) is -0.387. The monoisotopic (exact) mass is 197 g/mol. The Morgan fingerprint density at radius 2 is 2.29 bits per heavy atom. The van der Waals surface area contributed by atoms with Crippen molar-refractivity contribution in [3.8, 4) is 0 Å². The van der Waals surface area contributed by atoms with Gasteiger partial charge in [0.1, 0.15) is 0 Å². The minimum Gasteiger partial charge on any atom is -0.332 e. The zero-order valence-electron chi connectivity index (χ0n) is 7.98. The Kier molecular flexibility index (Phi) is 1.58. The number of rotatable bonds is 3. The lowest BCUT2D eigenvalue weighted by molar-refractivity contribution is -0.146. The molecule has 0 aromatic heterocycles. The predicted molar refractivity (Wildman–Crippen MR) is 45.9 cm³/mol. The maximum Gasteiger partial charge on any atom is 0.274 e. The molecule has 2 heterocycles.